The van der Waals surface area contributed by atoms with Crippen molar-refractivity contribution in [3.8, 4) is 22.8 Å². The van der Waals surface area contributed by atoms with Crippen LogP contribution in [-0.2, 0) is 0 Å². The molecule has 26 heavy (non-hydrogen) atoms. The largest absolute Gasteiger partial charge is 0.497 e. The minimum atomic E-state index is -0.192. The Morgan fingerprint density at radius 2 is 1.73 bits per heavy atom. The van der Waals surface area contributed by atoms with Gasteiger partial charge in [-0.15, -0.1) is 11.3 Å². The Labute approximate surface area is 156 Å². The third-order valence-corrected chi connectivity index (χ3v) is 4.69. The summed E-state index contributed by atoms with van der Waals surface area (Å²) in [5.41, 5.74) is 2.41. The van der Waals surface area contributed by atoms with Crippen molar-refractivity contribution in [2.45, 2.75) is 13.8 Å². The maximum Gasteiger partial charge on any atom is 0.257 e. The van der Waals surface area contributed by atoms with Crippen molar-refractivity contribution in [2.75, 3.05) is 19.0 Å². The fraction of sp³-hybridized carbons (Fsp3) is 0.200. The van der Waals surface area contributed by atoms with Crippen molar-refractivity contribution in [2.24, 2.45) is 0 Å². The molecule has 1 heterocycles. The summed E-state index contributed by atoms with van der Waals surface area (Å²) in [6, 6.07) is 14.8. The Morgan fingerprint density at radius 1 is 1.08 bits per heavy atom. The van der Waals surface area contributed by atoms with Crippen LogP contribution in [0.5, 0.6) is 11.5 Å². The lowest BCUT2D eigenvalue weighted by atomic mass is 10.1. The molecule has 1 N–H and O–H groups in total. The third-order valence-electron chi connectivity index (χ3n) is 3.81. The average Bonchev–Trinajstić information content (AvgIpc) is 3.02. The van der Waals surface area contributed by atoms with Gasteiger partial charge in [-0.25, -0.2) is 4.98 Å². The van der Waals surface area contributed by atoms with Gasteiger partial charge in [0.05, 0.1) is 19.4 Å². The van der Waals surface area contributed by atoms with Crippen molar-refractivity contribution in [3.05, 3.63) is 59.0 Å². The molecule has 3 aromatic rings. The number of aryl methyl sites for hydroxylation is 1. The summed E-state index contributed by atoms with van der Waals surface area (Å²) in [5, 5.41) is 3.44. The van der Waals surface area contributed by atoms with Crippen LogP contribution in [0.4, 0.5) is 5.13 Å². The standard InChI is InChI=1S/C20H20N2O3S/c1-4-25-17-11-7-15(8-12-17)19(23)22-20-21-18(13(2)26-20)14-5-9-16(24-3)10-6-14/h5-12H,4H2,1-3H3,(H,21,22,23). The van der Waals surface area contributed by atoms with Crippen molar-refractivity contribution in [3.63, 3.8) is 0 Å². The molecule has 0 aliphatic carbocycles. The van der Waals surface area contributed by atoms with Gasteiger partial charge in [-0.2, -0.15) is 0 Å². The summed E-state index contributed by atoms with van der Waals surface area (Å²) in [4.78, 5) is 18.0. The second kappa shape index (κ2) is 8.01. The molecule has 1 aromatic heterocycles. The molecule has 0 aliphatic heterocycles. The molecule has 134 valence electrons. The summed E-state index contributed by atoms with van der Waals surface area (Å²) in [6.07, 6.45) is 0. The van der Waals surface area contributed by atoms with Crippen LogP contribution >= 0.6 is 11.3 Å². The fourth-order valence-electron chi connectivity index (χ4n) is 2.51. The van der Waals surface area contributed by atoms with Gasteiger partial charge < -0.3 is 9.47 Å². The van der Waals surface area contributed by atoms with E-state index in [1.54, 1.807) is 31.4 Å². The van der Waals surface area contributed by atoms with Crippen molar-refractivity contribution < 1.29 is 14.3 Å². The zero-order valence-electron chi connectivity index (χ0n) is 14.9. The number of anilines is 1. The highest BCUT2D eigenvalue weighted by molar-refractivity contribution is 7.16. The number of benzene rings is 2. The van der Waals surface area contributed by atoms with E-state index in [0.717, 1.165) is 27.6 Å². The van der Waals surface area contributed by atoms with E-state index in [4.69, 9.17) is 9.47 Å². The predicted molar refractivity (Wildman–Crippen MR) is 104 cm³/mol. The highest BCUT2D eigenvalue weighted by Crippen LogP contribution is 2.31. The number of nitrogens with one attached hydrogen (secondary N) is 1. The Kier molecular flexibility index (Phi) is 5.53. The molecule has 6 heteroatoms. The number of methoxy groups -OCH3 is 1. The average molecular weight is 368 g/mol. The van der Waals surface area contributed by atoms with Gasteiger partial charge in [0.15, 0.2) is 5.13 Å². The van der Waals surface area contributed by atoms with Crippen LogP contribution < -0.4 is 14.8 Å². The van der Waals surface area contributed by atoms with Gasteiger partial charge in [0.2, 0.25) is 0 Å². The summed E-state index contributed by atoms with van der Waals surface area (Å²) in [7, 11) is 1.64. The van der Waals surface area contributed by atoms with Gasteiger partial charge in [-0.3, -0.25) is 10.1 Å². The molecule has 0 radical (unpaired) electrons. The Hall–Kier alpha value is -2.86. The number of carbonyl (C=O) groups excluding carboxylic acids is 1. The summed E-state index contributed by atoms with van der Waals surface area (Å²) in [5.74, 6) is 1.35. The van der Waals surface area contributed by atoms with Crippen molar-refractivity contribution >= 4 is 22.4 Å². The molecule has 3 rings (SSSR count). The number of ether oxygens (including phenoxy) is 2. The minimum Gasteiger partial charge on any atom is -0.497 e. The normalized spacial score (nSPS) is 10.4. The van der Waals surface area contributed by atoms with Crippen molar-refractivity contribution in [1.29, 1.82) is 0 Å². The van der Waals surface area contributed by atoms with Crippen molar-refractivity contribution in [1.82, 2.24) is 4.98 Å². The van der Waals surface area contributed by atoms with Crippen LogP contribution in [0.15, 0.2) is 48.5 Å². The van der Waals surface area contributed by atoms with Crippen LogP contribution in [0.1, 0.15) is 22.2 Å². The first-order valence-electron chi connectivity index (χ1n) is 8.26. The van der Waals surface area contributed by atoms with E-state index < -0.39 is 0 Å². The molecule has 0 saturated carbocycles. The number of nitrogens with zero attached hydrogens (tertiary/aromatic N) is 1. The second-order valence-corrected chi connectivity index (χ2v) is 6.77. The maximum atomic E-state index is 12.4. The topological polar surface area (TPSA) is 60.5 Å². The van der Waals surface area contributed by atoms with Gasteiger partial charge in [0, 0.05) is 16.0 Å². The Morgan fingerprint density at radius 3 is 2.35 bits per heavy atom. The zero-order valence-corrected chi connectivity index (χ0v) is 15.7. The second-order valence-electron chi connectivity index (χ2n) is 5.56. The van der Waals surface area contributed by atoms with Gasteiger partial charge >= 0.3 is 0 Å². The lowest BCUT2D eigenvalue weighted by Crippen LogP contribution is -2.11. The first-order chi connectivity index (χ1) is 12.6. The van der Waals surface area contributed by atoms with Crippen LogP contribution in [0, 0.1) is 6.92 Å². The summed E-state index contributed by atoms with van der Waals surface area (Å²) < 4.78 is 10.6. The molecule has 0 aliphatic rings. The van der Waals surface area contributed by atoms with Crippen LogP contribution in [-0.4, -0.2) is 24.6 Å². The molecule has 0 spiro atoms. The minimum absolute atomic E-state index is 0.192. The molecule has 0 bridgehead atoms. The van der Waals surface area contributed by atoms with Gasteiger partial charge in [-0.05, 0) is 62.4 Å². The molecule has 0 fully saturated rings. The lowest BCUT2D eigenvalue weighted by molar-refractivity contribution is 0.102. The van der Waals surface area contributed by atoms with Crippen LogP contribution in [0.25, 0.3) is 11.3 Å². The maximum absolute atomic E-state index is 12.4. The highest BCUT2D eigenvalue weighted by Gasteiger charge is 2.13. The summed E-state index contributed by atoms with van der Waals surface area (Å²) >= 11 is 1.45. The number of thiazole rings is 1. The monoisotopic (exact) mass is 368 g/mol. The van der Waals surface area contributed by atoms with Gasteiger partial charge in [0.25, 0.3) is 5.91 Å². The third kappa shape index (κ3) is 4.03. The number of amides is 1. The Balaban J connectivity index is 1.74. The van der Waals surface area contributed by atoms with E-state index in [1.807, 2.05) is 38.1 Å². The Bertz CT molecular complexity index is 886. The first-order valence-corrected chi connectivity index (χ1v) is 9.08. The molecular formula is C20H20N2O3S. The number of aromatic nitrogens is 1. The summed E-state index contributed by atoms with van der Waals surface area (Å²) in [6.45, 7) is 4.51. The van der Waals surface area contributed by atoms with Gasteiger partial charge in [-0.1, -0.05) is 0 Å². The number of rotatable bonds is 6. The SMILES string of the molecule is CCOc1ccc(C(=O)Nc2nc(-c3ccc(OC)cc3)c(C)s2)cc1. The molecule has 2 aromatic carbocycles. The fourth-order valence-corrected chi connectivity index (χ4v) is 3.34. The van der Waals surface area contributed by atoms with E-state index in [2.05, 4.69) is 10.3 Å². The quantitative estimate of drug-likeness (QED) is 0.680. The number of hydrogen-bond acceptors (Lipinski definition) is 5. The zero-order chi connectivity index (χ0) is 18.5. The molecular weight excluding hydrogens is 348 g/mol. The number of hydrogen-bond donors (Lipinski definition) is 1. The van der Waals surface area contributed by atoms with Gasteiger partial charge in [0.1, 0.15) is 11.5 Å². The molecule has 0 saturated heterocycles. The lowest BCUT2D eigenvalue weighted by Gasteiger charge is -2.05. The molecule has 5 nitrogen and oxygen atoms in total. The van der Waals surface area contributed by atoms with Crippen LogP contribution in [0.2, 0.25) is 0 Å². The van der Waals surface area contributed by atoms with E-state index in [0.29, 0.717) is 17.3 Å². The van der Waals surface area contributed by atoms with Crippen LogP contribution in [0.3, 0.4) is 0 Å². The van der Waals surface area contributed by atoms with E-state index in [9.17, 15) is 4.79 Å². The smallest absolute Gasteiger partial charge is 0.257 e. The predicted octanol–water partition coefficient (Wildman–Crippen LogP) is 4.78. The molecule has 1 amide bonds. The van der Waals surface area contributed by atoms with E-state index in [1.165, 1.54) is 11.3 Å². The molecule has 0 unspecified atom stereocenters. The van der Waals surface area contributed by atoms with E-state index in [-0.39, 0.29) is 5.91 Å². The number of carbonyl (C=O) groups is 1. The molecule has 0 atom stereocenters. The van der Waals surface area contributed by atoms with E-state index >= 15 is 0 Å². The highest BCUT2D eigenvalue weighted by atomic mass is 32.1. The first kappa shape index (κ1) is 17.9.